The van der Waals surface area contributed by atoms with Crippen LogP contribution in [0.15, 0.2) is 40.3 Å². The molecule has 0 atom stereocenters. The van der Waals surface area contributed by atoms with E-state index in [0.29, 0.717) is 22.3 Å². The largest absolute Gasteiger partial charge is 0.497 e. The van der Waals surface area contributed by atoms with E-state index in [1.54, 1.807) is 43.1 Å². The lowest BCUT2D eigenvalue weighted by atomic mass is 10.3. The second kappa shape index (κ2) is 9.39. The van der Waals surface area contributed by atoms with E-state index in [1.807, 2.05) is 0 Å². The van der Waals surface area contributed by atoms with Crippen LogP contribution in [0.1, 0.15) is 12.6 Å². The number of nitrogens with one attached hydrogen (secondary N) is 2. The number of methoxy groups -OCH3 is 1. The van der Waals surface area contributed by atoms with Crippen molar-refractivity contribution in [3.05, 3.63) is 46.4 Å². The number of aromatic nitrogens is 2. The molecule has 0 spiro atoms. The van der Waals surface area contributed by atoms with Crippen molar-refractivity contribution in [3.8, 4) is 5.75 Å². The maximum Gasteiger partial charge on any atom is 0.251 e. The molecule has 2 rings (SSSR count). The van der Waals surface area contributed by atoms with Gasteiger partial charge in [-0.15, -0.1) is 0 Å². The molecule has 6 nitrogen and oxygen atoms in total. The van der Waals surface area contributed by atoms with Gasteiger partial charge in [-0.25, -0.2) is 4.98 Å². The lowest BCUT2D eigenvalue weighted by Gasteiger charge is -2.07. The molecule has 1 amide bonds. The van der Waals surface area contributed by atoms with Gasteiger partial charge < -0.3 is 15.0 Å². The number of rotatable bonds is 8. The monoisotopic (exact) mass is 365 g/mol. The number of ether oxygens (including phenoxy) is 1. The summed E-state index contributed by atoms with van der Waals surface area (Å²) in [5.74, 6) is 2.30. The molecule has 0 fully saturated rings. The van der Waals surface area contributed by atoms with Gasteiger partial charge in [-0.2, -0.15) is 11.8 Å². The fourth-order valence-electron chi connectivity index (χ4n) is 1.86. The Kier molecular flexibility index (Phi) is 7.20. The Bertz CT molecular complexity index is 749. The Morgan fingerprint density at radius 2 is 2.21 bits per heavy atom. The first-order chi connectivity index (χ1) is 11.6. The molecule has 24 heavy (non-hydrogen) atoms. The van der Waals surface area contributed by atoms with Crippen molar-refractivity contribution in [2.45, 2.75) is 17.8 Å². The molecule has 0 radical (unpaired) electrons. The molecule has 0 unspecified atom stereocenters. The zero-order valence-electron chi connectivity index (χ0n) is 13.5. The summed E-state index contributed by atoms with van der Waals surface area (Å²) in [5.41, 5.74) is 1.18. The van der Waals surface area contributed by atoms with E-state index in [4.69, 9.17) is 4.74 Å². The van der Waals surface area contributed by atoms with Crippen molar-refractivity contribution in [2.24, 2.45) is 0 Å². The minimum Gasteiger partial charge on any atom is -0.497 e. The van der Waals surface area contributed by atoms with Crippen LogP contribution in [-0.2, 0) is 10.5 Å². The van der Waals surface area contributed by atoms with Gasteiger partial charge >= 0.3 is 0 Å². The first-order valence-corrected chi connectivity index (χ1v) is 9.49. The molecule has 1 aromatic heterocycles. The number of H-pyrrole nitrogens is 1. The van der Waals surface area contributed by atoms with Crippen LogP contribution in [0.3, 0.4) is 0 Å². The molecule has 2 N–H and O–H groups in total. The molecule has 0 saturated heterocycles. The molecule has 0 aliphatic heterocycles. The van der Waals surface area contributed by atoms with E-state index in [9.17, 15) is 9.59 Å². The van der Waals surface area contributed by atoms with Crippen LogP contribution in [-0.4, -0.2) is 34.5 Å². The molecule has 0 bridgehead atoms. The van der Waals surface area contributed by atoms with Gasteiger partial charge in [-0.1, -0.05) is 24.8 Å². The van der Waals surface area contributed by atoms with E-state index in [0.717, 1.165) is 11.4 Å². The van der Waals surface area contributed by atoms with Crippen molar-refractivity contribution in [3.63, 3.8) is 0 Å². The van der Waals surface area contributed by atoms with Crippen LogP contribution in [0.25, 0.3) is 0 Å². The van der Waals surface area contributed by atoms with Gasteiger partial charge in [-0.3, -0.25) is 9.59 Å². The maximum absolute atomic E-state index is 12.0. The van der Waals surface area contributed by atoms with E-state index in [1.165, 1.54) is 17.8 Å². The molecule has 128 valence electrons. The standard InChI is InChI=1S/C16H19N3O3S2/c1-3-23-9-12-8-14(20)19-16(18-12)24-10-15(21)17-11-5-4-6-13(7-11)22-2/h4-8H,3,9-10H2,1-2H3,(H,17,21)(H,18,19,20). The van der Waals surface area contributed by atoms with Crippen molar-refractivity contribution in [2.75, 3.05) is 23.9 Å². The summed E-state index contributed by atoms with van der Waals surface area (Å²) in [6.07, 6.45) is 0. The summed E-state index contributed by atoms with van der Waals surface area (Å²) >= 11 is 2.89. The van der Waals surface area contributed by atoms with Gasteiger partial charge in [0.2, 0.25) is 5.91 Å². The number of amides is 1. The second-order valence-corrected chi connectivity index (χ2v) is 6.99. The maximum atomic E-state index is 12.0. The Morgan fingerprint density at radius 3 is 2.96 bits per heavy atom. The smallest absolute Gasteiger partial charge is 0.251 e. The van der Waals surface area contributed by atoms with E-state index >= 15 is 0 Å². The number of hydrogen-bond donors (Lipinski definition) is 2. The summed E-state index contributed by atoms with van der Waals surface area (Å²) in [7, 11) is 1.57. The molecule has 0 aliphatic rings. The first kappa shape index (κ1) is 18.4. The van der Waals surface area contributed by atoms with E-state index in [-0.39, 0.29) is 17.2 Å². The number of anilines is 1. The summed E-state index contributed by atoms with van der Waals surface area (Å²) < 4.78 is 5.12. The Balaban J connectivity index is 1.93. The predicted octanol–water partition coefficient (Wildman–Crippen LogP) is 2.76. The van der Waals surface area contributed by atoms with Crippen molar-refractivity contribution in [1.29, 1.82) is 0 Å². The van der Waals surface area contributed by atoms with Crippen LogP contribution >= 0.6 is 23.5 Å². The Labute approximate surface area is 148 Å². The van der Waals surface area contributed by atoms with E-state index < -0.39 is 0 Å². The minimum absolute atomic E-state index is 0.157. The lowest BCUT2D eigenvalue weighted by Crippen LogP contribution is -2.15. The number of benzene rings is 1. The van der Waals surface area contributed by atoms with Crippen molar-refractivity contribution in [1.82, 2.24) is 9.97 Å². The second-order valence-electron chi connectivity index (χ2n) is 4.75. The van der Waals surface area contributed by atoms with Gasteiger partial charge in [0, 0.05) is 23.6 Å². The number of carbonyl (C=O) groups excluding carboxylic acids is 1. The van der Waals surface area contributed by atoms with Gasteiger partial charge in [0.1, 0.15) is 5.75 Å². The highest BCUT2D eigenvalue weighted by atomic mass is 32.2. The third-order valence-corrected chi connectivity index (χ3v) is 4.70. The number of nitrogens with zero attached hydrogens (tertiary/aromatic N) is 1. The Hall–Kier alpha value is -1.93. The van der Waals surface area contributed by atoms with Gasteiger partial charge in [0.25, 0.3) is 5.56 Å². The molecule has 1 aromatic carbocycles. The van der Waals surface area contributed by atoms with Gasteiger partial charge in [-0.05, 0) is 17.9 Å². The zero-order chi connectivity index (χ0) is 17.4. The molecule has 0 aliphatic carbocycles. The highest BCUT2D eigenvalue weighted by Crippen LogP contribution is 2.18. The molecule has 1 heterocycles. The van der Waals surface area contributed by atoms with Crippen LogP contribution in [0, 0.1) is 0 Å². The van der Waals surface area contributed by atoms with Crippen LogP contribution in [0.5, 0.6) is 5.75 Å². The average molecular weight is 365 g/mol. The molecule has 0 saturated carbocycles. The fourth-order valence-corrected chi connectivity index (χ4v) is 3.12. The third kappa shape index (κ3) is 5.93. The summed E-state index contributed by atoms with van der Waals surface area (Å²) in [5, 5.41) is 3.24. The fraction of sp³-hybridized carbons (Fsp3) is 0.312. The topological polar surface area (TPSA) is 84.1 Å². The predicted molar refractivity (Wildman–Crippen MR) is 99.0 cm³/mol. The van der Waals surface area contributed by atoms with Gasteiger partial charge in [0.05, 0.1) is 18.6 Å². The quantitative estimate of drug-likeness (QED) is 0.553. The first-order valence-electron chi connectivity index (χ1n) is 7.35. The number of hydrogen-bond acceptors (Lipinski definition) is 6. The van der Waals surface area contributed by atoms with Crippen molar-refractivity contribution >= 4 is 35.1 Å². The molecular weight excluding hydrogens is 346 g/mol. The SMILES string of the molecule is CCSCc1cc(=O)[nH]c(SCC(=O)Nc2cccc(OC)c2)n1. The normalized spacial score (nSPS) is 10.4. The van der Waals surface area contributed by atoms with Crippen LogP contribution < -0.4 is 15.6 Å². The third-order valence-electron chi connectivity index (χ3n) is 2.92. The molecular formula is C16H19N3O3S2. The summed E-state index contributed by atoms with van der Waals surface area (Å²) in [6, 6.07) is 8.62. The van der Waals surface area contributed by atoms with Crippen LogP contribution in [0.4, 0.5) is 5.69 Å². The minimum atomic E-state index is -0.201. The summed E-state index contributed by atoms with van der Waals surface area (Å²) in [4.78, 5) is 30.7. The number of thioether (sulfide) groups is 2. The number of carbonyl (C=O) groups is 1. The average Bonchev–Trinajstić information content (AvgIpc) is 2.58. The highest BCUT2D eigenvalue weighted by molar-refractivity contribution is 7.99. The molecule has 8 heteroatoms. The van der Waals surface area contributed by atoms with Crippen molar-refractivity contribution < 1.29 is 9.53 Å². The molecule has 2 aromatic rings. The number of aromatic amines is 1. The Morgan fingerprint density at radius 1 is 1.38 bits per heavy atom. The van der Waals surface area contributed by atoms with Crippen LogP contribution in [0.2, 0.25) is 0 Å². The van der Waals surface area contributed by atoms with Gasteiger partial charge in [0.15, 0.2) is 5.16 Å². The summed E-state index contributed by atoms with van der Waals surface area (Å²) in [6.45, 7) is 2.05. The van der Waals surface area contributed by atoms with E-state index in [2.05, 4.69) is 22.2 Å². The zero-order valence-corrected chi connectivity index (χ0v) is 15.1. The lowest BCUT2D eigenvalue weighted by molar-refractivity contribution is -0.113. The highest BCUT2D eigenvalue weighted by Gasteiger charge is 2.07.